The molecule has 0 bridgehead atoms. The van der Waals surface area contributed by atoms with Crippen molar-refractivity contribution in [1.29, 1.82) is 5.26 Å². The number of nitrogens with zero attached hydrogens (tertiary/aromatic N) is 3. The highest BCUT2D eigenvalue weighted by atomic mass is 19.1. The molecule has 3 unspecified atom stereocenters. The number of benzene rings is 2. The van der Waals surface area contributed by atoms with Crippen LogP contribution in [0.1, 0.15) is 48.3 Å². The lowest BCUT2D eigenvalue weighted by Crippen LogP contribution is -2.43. The third kappa shape index (κ3) is 5.80. The normalized spacial score (nSPS) is 19.7. The molecular formula is C28H30F2N4O2. The number of aryl methyl sites for hydroxylation is 1. The molecule has 1 fully saturated rings. The lowest BCUT2D eigenvalue weighted by Gasteiger charge is -2.33. The first kappa shape index (κ1) is 25.5. The molecule has 1 N–H and O–H groups in total. The first-order valence-electron chi connectivity index (χ1n) is 12.3. The van der Waals surface area contributed by atoms with Gasteiger partial charge in [-0.1, -0.05) is 36.4 Å². The van der Waals surface area contributed by atoms with Gasteiger partial charge in [-0.25, -0.2) is 13.6 Å². The van der Waals surface area contributed by atoms with Gasteiger partial charge in [0.05, 0.1) is 18.5 Å². The molecule has 188 valence electrons. The van der Waals surface area contributed by atoms with Crippen LogP contribution in [-0.4, -0.2) is 21.7 Å². The second-order valence-corrected chi connectivity index (χ2v) is 9.49. The Kier molecular flexibility index (Phi) is 8.11. The van der Waals surface area contributed by atoms with Crippen LogP contribution in [0, 0.1) is 35.8 Å². The van der Waals surface area contributed by atoms with Crippen molar-refractivity contribution in [3.05, 3.63) is 104 Å². The van der Waals surface area contributed by atoms with Gasteiger partial charge in [-0.05, 0) is 62.3 Å². The lowest BCUT2D eigenvalue weighted by molar-refractivity contribution is 0.280. The third-order valence-electron chi connectivity index (χ3n) is 6.99. The number of hydrogen-bond donors (Lipinski definition) is 1. The van der Waals surface area contributed by atoms with Crippen molar-refractivity contribution < 1.29 is 8.78 Å². The topological polar surface area (TPSA) is 79.8 Å². The van der Waals surface area contributed by atoms with E-state index in [0.717, 1.165) is 11.6 Å². The molecule has 1 heterocycles. The highest BCUT2D eigenvalue weighted by Gasteiger charge is 2.32. The Hall–Kier alpha value is -3.57. The van der Waals surface area contributed by atoms with Gasteiger partial charge >= 0.3 is 5.69 Å². The smallest absolute Gasteiger partial charge is 0.313 e. The van der Waals surface area contributed by atoms with Gasteiger partial charge in [0, 0.05) is 30.4 Å². The fourth-order valence-corrected chi connectivity index (χ4v) is 5.09. The van der Waals surface area contributed by atoms with Gasteiger partial charge in [0.15, 0.2) is 0 Å². The molecule has 1 aliphatic rings. The van der Waals surface area contributed by atoms with E-state index in [4.69, 9.17) is 0 Å². The molecule has 0 spiro atoms. The summed E-state index contributed by atoms with van der Waals surface area (Å²) in [6.45, 7) is 2.91. The van der Waals surface area contributed by atoms with Gasteiger partial charge in [-0.2, -0.15) is 5.26 Å². The summed E-state index contributed by atoms with van der Waals surface area (Å²) in [6, 6.07) is 15.5. The highest BCUT2D eigenvalue weighted by molar-refractivity contribution is 5.24. The zero-order chi connectivity index (χ0) is 25.7. The fourth-order valence-electron chi connectivity index (χ4n) is 5.09. The van der Waals surface area contributed by atoms with Crippen LogP contribution in [0.3, 0.4) is 0 Å². The van der Waals surface area contributed by atoms with Gasteiger partial charge in [-0.3, -0.25) is 13.9 Å². The zero-order valence-electron chi connectivity index (χ0n) is 20.3. The second kappa shape index (κ2) is 11.4. The second-order valence-electron chi connectivity index (χ2n) is 9.49. The van der Waals surface area contributed by atoms with Crippen molar-refractivity contribution in [2.75, 3.05) is 6.54 Å². The van der Waals surface area contributed by atoms with Crippen LogP contribution in [0.4, 0.5) is 8.78 Å². The molecule has 3 atom stereocenters. The molecule has 3 aromatic rings. The summed E-state index contributed by atoms with van der Waals surface area (Å²) >= 11 is 0. The van der Waals surface area contributed by atoms with E-state index < -0.39 is 11.6 Å². The minimum Gasteiger partial charge on any atom is -0.313 e. The predicted molar refractivity (Wildman–Crippen MR) is 134 cm³/mol. The summed E-state index contributed by atoms with van der Waals surface area (Å²) in [5, 5.41) is 13.1. The Morgan fingerprint density at radius 1 is 1.11 bits per heavy atom. The van der Waals surface area contributed by atoms with Gasteiger partial charge in [0.1, 0.15) is 11.6 Å². The van der Waals surface area contributed by atoms with Gasteiger partial charge < -0.3 is 5.32 Å². The molecule has 0 amide bonds. The molecule has 0 saturated heterocycles. The van der Waals surface area contributed by atoms with Gasteiger partial charge in [0.2, 0.25) is 0 Å². The first-order chi connectivity index (χ1) is 17.4. The largest absolute Gasteiger partial charge is 0.331 e. The molecule has 4 rings (SSSR count). The number of aromatic nitrogens is 2. The van der Waals surface area contributed by atoms with Crippen molar-refractivity contribution in [1.82, 2.24) is 14.5 Å². The summed E-state index contributed by atoms with van der Waals surface area (Å²) in [4.78, 5) is 25.6. The van der Waals surface area contributed by atoms with Crippen molar-refractivity contribution in [2.24, 2.45) is 5.92 Å². The first-order valence-corrected chi connectivity index (χ1v) is 12.3. The summed E-state index contributed by atoms with van der Waals surface area (Å²) in [7, 11) is 0. The number of halogens is 2. The molecule has 0 aliphatic heterocycles. The average Bonchev–Trinajstić information content (AvgIpc) is 2.87. The molecule has 1 aromatic heterocycles. The van der Waals surface area contributed by atoms with E-state index in [0.29, 0.717) is 49.9 Å². The average molecular weight is 493 g/mol. The van der Waals surface area contributed by atoms with E-state index in [2.05, 4.69) is 11.4 Å². The molecule has 6 nitrogen and oxygen atoms in total. The van der Waals surface area contributed by atoms with E-state index in [1.54, 1.807) is 17.7 Å². The van der Waals surface area contributed by atoms with Crippen LogP contribution in [0.2, 0.25) is 0 Å². The number of rotatable bonds is 8. The third-order valence-corrected chi connectivity index (χ3v) is 6.99. The van der Waals surface area contributed by atoms with E-state index in [1.807, 2.05) is 30.3 Å². The maximum absolute atomic E-state index is 14.2. The number of nitriles is 1. The van der Waals surface area contributed by atoms with Crippen molar-refractivity contribution in [2.45, 2.75) is 57.7 Å². The Morgan fingerprint density at radius 3 is 2.61 bits per heavy atom. The Labute approximate surface area is 208 Å². The molecule has 1 aliphatic carbocycles. The lowest BCUT2D eigenvalue weighted by atomic mass is 9.75. The molecule has 0 radical (unpaired) electrons. The summed E-state index contributed by atoms with van der Waals surface area (Å²) < 4.78 is 30.3. The Bertz CT molecular complexity index is 1360. The molecule has 8 heteroatoms. The quantitative estimate of drug-likeness (QED) is 0.480. The van der Waals surface area contributed by atoms with Crippen molar-refractivity contribution in [3.63, 3.8) is 0 Å². The monoisotopic (exact) mass is 492 g/mol. The maximum Gasteiger partial charge on any atom is 0.331 e. The summed E-state index contributed by atoms with van der Waals surface area (Å²) in [5.41, 5.74) is 1.31. The minimum absolute atomic E-state index is 0.0567. The highest BCUT2D eigenvalue weighted by Crippen LogP contribution is 2.37. The maximum atomic E-state index is 14.2. The van der Waals surface area contributed by atoms with Crippen LogP contribution >= 0.6 is 0 Å². The van der Waals surface area contributed by atoms with E-state index in [9.17, 15) is 23.6 Å². The minimum atomic E-state index is -0.608. The van der Waals surface area contributed by atoms with Crippen molar-refractivity contribution >= 4 is 0 Å². The molecule has 36 heavy (non-hydrogen) atoms. The standard InChI is InChI=1S/C28H30F2N4O2/c1-19-17-33(18-20-6-3-2-4-7-20)28(36)34(27(19)35)13-5-12-32-26-11-8-21(14-22(26)16-31)24-10-9-23(29)15-25(24)30/h2-4,6-7,9-10,15,17,21-22,26,32H,5,8,11-14,18H2,1H3. The number of hydrogen-bond acceptors (Lipinski definition) is 4. The van der Waals surface area contributed by atoms with E-state index >= 15 is 0 Å². The van der Waals surface area contributed by atoms with Crippen LogP contribution < -0.4 is 16.6 Å². The van der Waals surface area contributed by atoms with Gasteiger partial charge in [-0.15, -0.1) is 0 Å². The summed E-state index contributed by atoms with van der Waals surface area (Å²) in [5.74, 6) is -1.60. The molecular weight excluding hydrogens is 462 g/mol. The van der Waals surface area contributed by atoms with Crippen LogP contribution in [-0.2, 0) is 13.1 Å². The number of nitrogens with one attached hydrogen (secondary N) is 1. The predicted octanol–water partition coefficient (Wildman–Crippen LogP) is 4.10. The van der Waals surface area contributed by atoms with Crippen LogP contribution in [0.25, 0.3) is 0 Å². The zero-order valence-corrected chi connectivity index (χ0v) is 20.3. The van der Waals surface area contributed by atoms with Crippen LogP contribution in [0.5, 0.6) is 0 Å². The molecule has 2 aromatic carbocycles. The molecule has 1 saturated carbocycles. The fraction of sp³-hybridized carbons (Fsp3) is 0.393. The summed E-state index contributed by atoms with van der Waals surface area (Å²) in [6.07, 6.45) is 4.03. The Morgan fingerprint density at radius 2 is 1.89 bits per heavy atom. The van der Waals surface area contributed by atoms with Gasteiger partial charge in [0.25, 0.3) is 5.56 Å². The van der Waals surface area contributed by atoms with E-state index in [1.165, 1.54) is 16.7 Å². The Balaban J connectivity index is 1.35. The SMILES string of the molecule is Cc1cn(Cc2ccccc2)c(=O)n(CCCNC2CCC(c3ccc(F)cc3F)CC2C#N)c1=O. The van der Waals surface area contributed by atoms with Crippen molar-refractivity contribution in [3.8, 4) is 6.07 Å². The van der Waals surface area contributed by atoms with Crippen LogP contribution in [0.15, 0.2) is 64.3 Å². The van der Waals surface area contributed by atoms with E-state index in [-0.39, 0.29) is 35.7 Å².